The third-order valence-electron chi connectivity index (χ3n) is 3.63. The summed E-state index contributed by atoms with van der Waals surface area (Å²) in [5, 5.41) is 22.2. The first kappa shape index (κ1) is 16.3. The van der Waals surface area contributed by atoms with E-state index in [0.29, 0.717) is 11.5 Å². The molecule has 0 amide bonds. The van der Waals surface area contributed by atoms with Gasteiger partial charge in [-0.05, 0) is 6.92 Å². The Kier molecular flexibility index (Phi) is 5.28. The number of benzene rings is 2. The van der Waals surface area contributed by atoms with Crippen LogP contribution in [0.3, 0.4) is 0 Å². The van der Waals surface area contributed by atoms with Crippen molar-refractivity contribution in [2.75, 3.05) is 5.75 Å². The Bertz CT molecular complexity index is 816. The van der Waals surface area contributed by atoms with Crippen molar-refractivity contribution in [1.82, 2.24) is 14.8 Å². The average molecular weight is 338 g/mol. The van der Waals surface area contributed by atoms with Crippen molar-refractivity contribution in [3.8, 4) is 11.4 Å². The second-order valence-corrected chi connectivity index (χ2v) is 6.06. The zero-order valence-corrected chi connectivity index (χ0v) is 14.1. The molecule has 24 heavy (non-hydrogen) atoms. The van der Waals surface area contributed by atoms with Gasteiger partial charge in [-0.25, -0.2) is 0 Å². The van der Waals surface area contributed by atoms with Crippen molar-refractivity contribution in [3.63, 3.8) is 0 Å². The topological polar surface area (TPSA) is 63.3 Å². The minimum Gasteiger partial charge on any atom is -0.411 e. The number of oxime groups is 1. The van der Waals surface area contributed by atoms with Gasteiger partial charge in [0.05, 0.1) is 5.71 Å². The molecule has 2 aromatic carbocycles. The maximum atomic E-state index is 9.30. The predicted molar refractivity (Wildman–Crippen MR) is 96.6 cm³/mol. The summed E-state index contributed by atoms with van der Waals surface area (Å²) in [6.45, 7) is 2.84. The van der Waals surface area contributed by atoms with Gasteiger partial charge in [-0.3, -0.25) is 0 Å². The van der Waals surface area contributed by atoms with Crippen LogP contribution in [0.2, 0.25) is 0 Å². The monoisotopic (exact) mass is 338 g/mol. The number of nitrogens with zero attached hydrogens (tertiary/aromatic N) is 4. The molecule has 0 unspecified atom stereocenters. The van der Waals surface area contributed by atoms with Gasteiger partial charge >= 0.3 is 0 Å². The summed E-state index contributed by atoms with van der Waals surface area (Å²) in [5.41, 5.74) is 2.56. The van der Waals surface area contributed by atoms with Crippen molar-refractivity contribution in [1.29, 1.82) is 0 Å². The Labute approximate surface area is 145 Å². The highest BCUT2D eigenvalue weighted by molar-refractivity contribution is 7.99. The van der Waals surface area contributed by atoms with Crippen molar-refractivity contribution < 1.29 is 5.21 Å². The highest BCUT2D eigenvalue weighted by Crippen LogP contribution is 2.24. The number of hydrogen-bond acceptors (Lipinski definition) is 5. The van der Waals surface area contributed by atoms with Crippen LogP contribution >= 0.6 is 11.8 Å². The van der Waals surface area contributed by atoms with E-state index in [1.807, 2.05) is 60.7 Å². The summed E-state index contributed by atoms with van der Waals surface area (Å²) in [7, 11) is 0. The minimum absolute atomic E-state index is 0.521. The molecule has 122 valence electrons. The van der Waals surface area contributed by atoms with Gasteiger partial charge in [-0.15, -0.1) is 10.2 Å². The van der Waals surface area contributed by atoms with Crippen molar-refractivity contribution in [2.45, 2.75) is 18.6 Å². The lowest BCUT2D eigenvalue weighted by atomic mass is 10.1. The molecule has 5 nitrogen and oxygen atoms in total. The zero-order valence-electron chi connectivity index (χ0n) is 13.3. The number of rotatable bonds is 6. The van der Waals surface area contributed by atoms with Gasteiger partial charge in [0, 0.05) is 23.4 Å². The first-order valence-corrected chi connectivity index (χ1v) is 8.69. The Morgan fingerprint density at radius 3 is 2.33 bits per heavy atom. The van der Waals surface area contributed by atoms with Crippen LogP contribution < -0.4 is 0 Å². The molecule has 0 aliphatic carbocycles. The molecule has 0 atom stereocenters. The van der Waals surface area contributed by atoms with Gasteiger partial charge in [0.25, 0.3) is 0 Å². The summed E-state index contributed by atoms with van der Waals surface area (Å²) in [6, 6.07) is 19.6. The molecular weight excluding hydrogens is 320 g/mol. The van der Waals surface area contributed by atoms with Crippen molar-refractivity contribution in [2.24, 2.45) is 5.16 Å². The number of thioether (sulfide) groups is 1. The van der Waals surface area contributed by atoms with Crippen LogP contribution in [0.1, 0.15) is 12.5 Å². The number of hydrogen-bond donors (Lipinski definition) is 1. The molecule has 0 spiro atoms. The maximum absolute atomic E-state index is 9.30. The molecule has 0 saturated heterocycles. The lowest BCUT2D eigenvalue weighted by molar-refractivity contribution is 0.319. The van der Waals surface area contributed by atoms with E-state index in [9.17, 15) is 5.21 Å². The van der Waals surface area contributed by atoms with Gasteiger partial charge in [0.2, 0.25) is 0 Å². The van der Waals surface area contributed by atoms with Crippen LogP contribution in [0.15, 0.2) is 71.0 Å². The van der Waals surface area contributed by atoms with Crippen LogP contribution in [0.25, 0.3) is 11.4 Å². The van der Waals surface area contributed by atoms with Crippen LogP contribution in [0.5, 0.6) is 0 Å². The normalized spacial score (nSPS) is 11.6. The molecule has 6 heteroatoms. The average Bonchev–Trinajstić information content (AvgIpc) is 3.07. The molecule has 3 rings (SSSR count). The van der Waals surface area contributed by atoms with E-state index in [-0.39, 0.29) is 0 Å². The van der Waals surface area contributed by atoms with Gasteiger partial charge in [0.1, 0.15) is 0 Å². The Balaban J connectivity index is 1.80. The van der Waals surface area contributed by atoms with Crippen LogP contribution in [-0.2, 0) is 6.54 Å². The molecule has 1 N–H and O–H groups in total. The Morgan fingerprint density at radius 1 is 1.04 bits per heavy atom. The van der Waals surface area contributed by atoms with Gasteiger partial charge in [-0.2, -0.15) is 0 Å². The van der Waals surface area contributed by atoms with E-state index in [1.165, 1.54) is 11.8 Å². The minimum atomic E-state index is 0.521. The van der Waals surface area contributed by atoms with Crippen molar-refractivity contribution in [3.05, 3.63) is 66.2 Å². The molecule has 0 aliphatic rings. The smallest absolute Gasteiger partial charge is 0.191 e. The fourth-order valence-corrected chi connectivity index (χ4v) is 3.37. The molecule has 0 aliphatic heterocycles. The summed E-state index contributed by atoms with van der Waals surface area (Å²) in [6.07, 6.45) is 0. The Morgan fingerprint density at radius 2 is 1.71 bits per heavy atom. The van der Waals surface area contributed by atoms with Gasteiger partial charge in [0.15, 0.2) is 11.0 Å². The summed E-state index contributed by atoms with van der Waals surface area (Å²) in [5.74, 6) is 1.37. The fraction of sp³-hybridized carbons (Fsp3) is 0.167. The second-order valence-electron chi connectivity index (χ2n) is 5.12. The van der Waals surface area contributed by atoms with Gasteiger partial charge in [-0.1, -0.05) is 77.6 Å². The molecule has 0 bridgehead atoms. The molecular formula is C18H18N4OS. The first-order chi connectivity index (χ1) is 11.8. The Hall–Kier alpha value is -2.60. The first-order valence-electron chi connectivity index (χ1n) is 7.71. The van der Waals surface area contributed by atoms with E-state index in [0.717, 1.165) is 28.7 Å². The van der Waals surface area contributed by atoms with E-state index >= 15 is 0 Å². The van der Waals surface area contributed by atoms with E-state index in [2.05, 4.69) is 26.8 Å². The standard InChI is InChI=1S/C18H18N4OS/c1-2-22-17(15-11-7-4-8-12-15)19-20-18(22)24-13-16(21-23)14-9-5-3-6-10-14/h3-12,23H,2,13H2,1H3/b21-16+. The summed E-state index contributed by atoms with van der Waals surface area (Å²) >= 11 is 1.51. The lowest BCUT2D eigenvalue weighted by Crippen LogP contribution is -2.06. The molecule has 1 aromatic heterocycles. The van der Waals surface area contributed by atoms with Crippen molar-refractivity contribution >= 4 is 17.5 Å². The van der Waals surface area contributed by atoms with E-state index in [4.69, 9.17) is 0 Å². The molecule has 3 aromatic rings. The highest BCUT2D eigenvalue weighted by atomic mass is 32.2. The molecule has 0 radical (unpaired) electrons. The fourth-order valence-electron chi connectivity index (χ4n) is 2.41. The quantitative estimate of drug-likeness (QED) is 0.320. The molecule has 0 saturated carbocycles. The molecule has 0 fully saturated rings. The predicted octanol–water partition coefficient (Wildman–Crippen LogP) is 3.94. The highest BCUT2D eigenvalue weighted by Gasteiger charge is 2.14. The van der Waals surface area contributed by atoms with Crippen LogP contribution in [-0.4, -0.2) is 31.4 Å². The summed E-state index contributed by atoms with van der Waals surface area (Å²) in [4.78, 5) is 0. The largest absolute Gasteiger partial charge is 0.411 e. The third kappa shape index (κ3) is 3.49. The van der Waals surface area contributed by atoms with Crippen LogP contribution in [0.4, 0.5) is 0 Å². The maximum Gasteiger partial charge on any atom is 0.191 e. The zero-order chi connectivity index (χ0) is 16.8. The van der Waals surface area contributed by atoms with E-state index in [1.54, 1.807) is 0 Å². The van der Waals surface area contributed by atoms with Gasteiger partial charge < -0.3 is 9.77 Å². The third-order valence-corrected chi connectivity index (χ3v) is 4.61. The SMILES string of the molecule is CCn1c(SC/C(=N\O)c2ccccc2)nnc1-c1ccccc1. The number of aromatic nitrogens is 3. The second kappa shape index (κ2) is 7.79. The van der Waals surface area contributed by atoms with Crippen LogP contribution in [0, 0.1) is 0 Å². The van der Waals surface area contributed by atoms with E-state index < -0.39 is 0 Å². The molecule has 1 heterocycles. The lowest BCUT2D eigenvalue weighted by Gasteiger charge is -2.08. The summed E-state index contributed by atoms with van der Waals surface area (Å²) < 4.78 is 2.07.